The van der Waals surface area contributed by atoms with E-state index >= 15 is 0 Å². The van der Waals surface area contributed by atoms with Crippen molar-refractivity contribution in [3.05, 3.63) is 0 Å². The number of hydrogen-bond acceptors (Lipinski definition) is 5. The molecule has 0 aromatic heterocycles. The smallest absolute Gasteiger partial charge is 0.746 e. The van der Waals surface area contributed by atoms with Gasteiger partial charge in [-0.05, 0) is 0 Å². The maximum Gasteiger partial charge on any atom is 1.00 e. The quantitative estimate of drug-likeness (QED) is 0.249. The maximum atomic E-state index is 9.53. The summed E-state index contributed by atoms with van der Waals surface area (Å²) < 4.78 is 28.6. The van der Waals surface area contributed by atoms with E-state index in [-0.39, 0.29) is 35.8 Å². The number of aldehydes is 1. The van der Waals surface area contributed by atoms with Gasteiger partial charge in [0, 0.05) is 0 Å². The molecule has 0 amide bonds. The van der Waals surface area contributed by atoms with Crippen molar-refractivity contribution < 1.29 is 52.4 Å². The maximum absolute atomic E-state index is 9.53. The molecule has 0 saturated carbocycles. The van der Waals surface area contributed by atoms with Crippen molar-refractivity contribution in [2.75, 3.05) is 0 Å². The van der Waals surface area contributed by atoms with E-state index in [2.05, 4.69) is 0 Å². The molecule has 0 heterocycles. The Hall–Kier alpha value is 0.540. The summed E-state index contributed by atoms with van der Waals surface area (Å²) in [6.45, 7) is 0. The van der Waals surface area contributed by atoms with Crippen molar-refractivity contribution in [3.8, 4) is 0 Å². The molecule has 1 atom stereocenters. The Morgan fingerprint density at radius 3 is 1.89 bits per heavy atom. The van der Waals surface area contributed by atoms with E-state index in [1.54, 1.807) is 0 Å². The summed E-state index contributed by atoms with van der Waals surface area (Å²) in [7, 11) is -4.82. The second-order valence-corrected chi connectivity index (χ2v) is 2.49. The van der Waals surface area contributed by atoms with Crippen LogP contribution in [0.15, 0.2) is 0 Å². The van der Waals surface area contributed by atoms with Gasteiger partial charge in [-0.3, -0.25) is 4.79 Å². The van der Waals surface area contributed by atoms with Crippen LogP contribution in [-0.2, 0) is 14.9 Å². The minimum atomic E-state index is -4.82. The SMILES string of the molecule is O=CC(O)S(=O)(=O)[O-].[Na+]. The topological polar surface area (TPSA) is 94.5 Å². The van der Waals surface area contributed by atoms with E-state index in [1.807, 2.05) is 0 Å². The van der Waals surface area contributed by atoms with Crippen molar-refractivity contribution in [2.45, 2.75) is 5.44 Å². The Morgan fingerprint density at radius 2 is 1.89 bits per heavy atom. The molecule has 0 fully saturated rings. The molecular formula is C2H3NaO5S. The zero-order chi connectivity index (χ0) is 6.78. The second kappa shape index (κ2) is 4.37. The third-order valence-electron chi connectivity index (χ3n) is 0.412. The Labute approximate surface area is 74.1 Å². The minimum Gasteiger partial charge on any atom is -0.746 e. The largest absolute Gasteiger partial charge is 1.00 e. The van der Waals surface area contributed by atoms with Crippen molar-refractivity contribution >= 4 is 16.4 Å². The van der Waals surface area contributed by atoms with E-state index in [4.69, 9.17) is 5.11 Å². The van der Waals surface area contributed by atoms with Gasteiger partial charge in [0.1, 0.15) is 10.1 Å². The first-order valence-electron chi connectivity index (χ1n) is 1.56. The van der Waals surface area contributed by atoms with Crippen LogP contribution in [0.3, 0.4) is 0 Å². The van der Waals surface area contributed by atoms with Gasteiger partial charge in [-0.2, -0.15) is 0 Å². The van der Waals surface area contributed by atoms with Gasteiger partial charge in [0.05, 0.1) is 0 Å². The number of carbonyl (C=O) groups is 1. The van der Waals surface area contributed by atoms with Gasteiger partial charge in [0.2, 0.25) is 0 Å². The number of aliphatic hydroxyl groups is 1. The summed E-state index contributed by atoms with van der Waals surface area (Å²) in [5, 5.41) is 7.93. The first kappa shape index (κ1) is 12.2. The number of hydrogen-bond donors (Lipinski definition) is 1. The molecule has 0 aliphatic heterocycles. The molecule has 0 spiro atoms. The molecule has 5 nitrogen and oxygen atoms in total. The molecule has 48 valence electrons. The third kappa shape index (κ3) is 5.01. The van der Waals surface area contributed by atoms with Crippen molar-refractivity contribution in [1.29, 1.82) is 0 Å². The first-order valence-corrected chi connectivity index (χ1v) is 3.03. The Kier molecular flexibility index (Phi) is 5.94. The van der Waals surface area contributed by atoms with Gasteiger partial charge in [-0.25, -0.2) is 8.42 Å². The molecule has 1 N–H and O–H groups in total. The molecule has 0 saturated heterocycles. The first-order chi connectivity index (χ1) is 3.48. The zero-order valence-corrected chi connectivity index (χ0v) is 7.46. The zero-order valence-electron chi connectivity index (χ0n) is 4.64. The van der Waals surface area contributed by atoms with E-state index < -0.39 is 15.6 Å². The molecular weight excluding hydrogens is 159 g/mol. The van der Waals surface area contributed by atoms with Gasteiger partial charge < -0.3 is 9.66 Å². The van der Waals surface area contributed by atoms with Crippen LogP contribution in [0, 0.1) is 0 Å². The second-order valence-electron chi connectivity index (χ2n) is 1.02. The monoisotopic (exact) mass is 162 g/mol. The molecule has 7 heteroatoms. The number of aliphatic hydroxyl groups excluding tert-OH is 1. The fourth-order valence-electron chi connectivity index (χ4n) is 0.0680. The van der Waals surface area contributed by atoms with Gasteiger partial charge in [0.15, 0.2) is 11.7 Å². The molecule has 0 radical (unpaired) electrons. The average molecular weight is 162 g/mol. The number of carbonyl (C=O) groups excluding carboxylic acids is 1. The van der Waals surface area contributed by atoms with Gasteiger partial charge in [-0.15, -0.1) is 0 Å². The predicted molar refractivity (Wildman–Crippen MR) is 21.8 cm³/mol. The standard InChI is InChI=1S/C2H4O5S.Na/c3-1-2(4)8(5,6)7;/h1-2,4H,(H,5,6,7);/q;+1/p-1. The fraction of sp³-hybridized carbons (Fsp3) is 0.500. The van der Waals surface area contributed by atoms with Gasteiger partial charge >= 0.3 is 29.6 Å². The summed E-state index contributed by atoms with van der Waals surface area (Å²) in [4.78, 5) is 9.32. The van der Waals surface area contributed by atoms with Gasteiger partial charge in [0.25, 0.3) is 0 Å². The van der Waals surface area contributed by atoms with Crippen LogP contribution in [0.25, 0.3) is 0 Å². The average Bonchev–Trinajstić information content (AvgIpc) is 1.62. The van der Waals surface area contributed by atoms with Crippen LogP contribution in [0.2, 0.25) is 0 Å². The van der Waals surface area contributed by atoms with Gasteiger partial charge in [-0.1, -0.05) is 0 Å². The minimum absolute atomic E-state index is 0. The third-order valence-corrected chi connectivity index (χ3v) is 1.11. The normalized spacial score (nSPS) is 13.6. The summed E-state index contributed by atoms with van der Waals surface area (Å²) in [5.74, 6) is 0. The summed E-state index contributed by atoms with van der Waals surface area (Å²) >= 11 is 0. The number of rotatable bonds is 2. The molecule has 0 aliphatic rings. The van der Waals surface area contributed by atoms with Crippen molar-refractivity contribution in [3.63, 3.8) is 0 Å². The molecule has 0 bridgehead atoms. The molecule has 9 heavy (non-hydrogen) atoms. The van der Waals surface area contributed by atoms with Crippen LogP contribution in [0.4, 0.5) is 0 Å². The summed E-state index contributed by atoms with van der Waals surface area (Å²) in [5.41, 5.74) is -2.41. The summed E-state index contributed by atoms with van der Waals surface area (Å²) in [6, 6.07) is 0. The van der Waals surface area contributed by atoms with E-state index in [9.17, 15) is 17.8 Å². The van der Waals surface area contributed by atoms with E-state index in [0.717, 1.165) is 0 Å². The van der Waals surface area contributed by atoms with Crippen LogP contribution >= 0.6 is 0 Å². The fourth-order valence-corrected chi connectivity index (χ4v) is 0.204. The van der Waals surface area contributed by atoms with Crippen LogP contribution in [0.5, 0.6) is 0 Å². The molecule has 0 aromatic rings. The van der Waals surface area contributed by atoms with E-state index in [0.29, 0.717) is 0 Å². The van der Waals surface area contributed by atoms with Crippen molar-refractivity contribution in [1.82, 2.24) is 0 Å². The van der Waals surface area contributed by atoms with Crippen LogP contribution in [-0.4, -0.2) is 29.8 Å². The molecule has 0 aliphatic carbocycles. The van der Waals surface area contributed by atoms with Crippen LogP contribution < -0.4 is 29.6 Å². The Balaban J connectivity index is 0. The summed E-state index contributed by atoms with van der Waals surface area (Å²) in [6.07, 6.45) is -0.345. The molecule has 0 aromatic carbocycles. The Bertz CT molecular complexity index is 171. The van der Waals surface area contributed by atoms with Crippen LogP contribution in [0.1, 0.15) is 0 Å². The molecule has 1 unspecified atom stereocenters. The van der Waals surface area contributed by atoms with Crippen molar-refractivity contribution in [2.24, 2.45) is 0 Å². The molecule has 0 rings (SSSR count). The van der Waals surface area contributed by atoms with E-state index in [1.165, 1.54) is 0 Å². The Morgan fingerprint density at radius 1 is 1.56 bits per heavy atom. The predicted octanol–water partition coefficient (Wildman–Crippen LogP) is -4.95.